The van der Waals surface area contributed by atoms with E-state index in [1.807, 2.05) is 0 Å². The summed E-state index contributed by atoms with van der Waals surface area (Å²) in [6.07, 6.45) is -4.60. The minimum Gasteiger partial charge on any atom is -0.481 e. The molecular formula is C7H9F3N4O2. The molecule has 0 aromatic carbocycles. The van der Waals surface area contributed by atoms with Gasteiger partial charge < -0.3 is 5.11 Å². The standard InChI is InChI=1S/C7H9F3N4O2/c1-4(5(15)16)2-3-14-6(7(8,9)10)11-12-13-14/h4H,2-3H2,1H3,(H,15,16). The van der Waals surface area contributed by atoms with Gasteiger partial charge in [-0.05, 0) is 16.8 Å². The molecule has 0 fully saturated rings. The summed E-state index contributed by atoms with van der Waals surface area (Å²) in [6, 6.07) is 0. The van der Waals surface area contributed by atoms with Crippen molar-refractivity contribution in [2.24, 2.45) is 5.92 Å². The topological polar surface area (TPSA) is 80.9 Å². The first-order chi connectivity index (χ1) is 7.32. The Kier molecular flexibility index (Phi) is 3.45. The molecule has 16 heavy (non-hydrogen) atoms. The Morgan fingerprint density at radius 2 is 2.19 bits per heavy atom. The van der Waals surface area contributed by atoms with Gasteiger partial charge in [0.1, 0.15) is 0 Å². The summed E-state index contributed by atoms with van der Waals surface area (Å²) in [5, 5.41) is 17.5. The van der Waals surface area contributed by atoms with Crippen LogP contribution in [0.4, 0.5) is 13.2 Å². The van der Waals surface area contributed by atoms with Crippen LogP contribution < -0.4 is 0 Å². The first kappa shape index (κ1) is 12.4. The molecule has 1 heterocycles. The molecular weight excluding hydrogens is 229 g/mol. The number of hydrogen-bond donors (Lipinski definition) is 1. The second-order valence-electron chi connectivity index (χ2n) is 3.25. The van der Waals surface area contributed by atoms with Gasteiger partial charge in [-0.25, -0.2) is 4.68 Å². The Balaban J connectivity index is 2.68. The molecule has 0 amide bonds. The van der Waals surface area contributed by atoms with Crippen LogP contribution in [0.1, 0.15) is 19.2 Å². The Morgan fingerprint density at radius 1 is 1.56 bits per heavy atom. The molecule has 6 nitrogen and oxygen atoms in total. The van der Waals surface area contributed by atoms with Crippen LogP contribution in [0.3, 0.4) is 0 Å². The number of carboxylic acid groups (broad SMARTS) is 1. The van der Waals surface area contributed by atoms with Gasteiger partial charge in [0.2, 0.25) is 0 Å². The normalized spacial score (nSPS) is 13.8. The number of alkyl halides is 3. The SMILES string of the molecule is CC(CCn1nnnc1C(F)(F)F)C(=O)O. The van der Waals surface area contributed by atoms with Crippen LogP contribution in [0, 0.1) is 5.92 Å². The van der Waals surface area contributed by atoms with Gasteiger partial charge in [0.25, 0.3) is 5.82 Å². The molecule has 0 aliphatic carbocycles. The number of halogens is 3. The van der Waals surface area contributed by atoms with E-state index in [4.69, 9.17) is 5.11 Å². The van der Waals surface area contributed by atoms with Gasteiger partial charge in [0.05, 0.1) is 5.92 Å². The molecule has 9 heteroatoms. The molecule has 0 saturated carbocycles. The van der Waals surface area contributed by atoms with Crippen molar-refractivity contribution in [3.63, 3.8) is 0 Å². The summed E-state index contributed by atoms with van der Waals surface area (Å²) in [6.45, 7) is 1.22. The molecule has 0 aliphatic rings. The minimum atomic E-state index is -4.63. The number of rotatable bonds is 4. The predicted octanol–water partition coefficient (Wildman–Crippen LogP) is 0.803. The molecule has 0 radical (unpaired) electrons. The van der Waals surface area contributed by atoms with Crippen molar-refractivity contribution in [3.8, 4) is 0 Å². The van der Waals surface area contributed by atoms with Crippen LogP contribution >= 0.6 is 0 Å². The summed E-state index contributed by atoms with van der Waals surface area (Å²) in [5.41, 5.74) is 0. The molecule has 0 saturated heterocycles. The maximum absolute atomic E-state index is 12.3. The van der Waals surface area contributed by atoms with Gasteiger partial charge in [-0.1, -0.05) is 6.92 Å². The maximum atomic E-state index is 12.3. The second kappa shape index (κ2) is 4.45. The quantitative estimate of drug-likeness (QED) is 0.839. The Morgan fingerprint density at radius 3 is 2.69 bits per heavy atom. The molecule has 0 aliphatic heterocycles. The van der Waals surface area contributed by atoms with Gasteiger partial charge in [-0.2, -0.15) is 13.2 Å². The highest BCUT2D eigenvalue weighted by Crippen LogP contribution is 2.26. The zero-order valence-electron chi connectivity index (χ0n) is 8.27. The molecule has 0 bridgehead atoms. The fourth-order valence-electron chi connectivity index (χ4n) is 0.998. The third-order valence-electron chi connectivity index (χ3n) is 1.98. The number of hydrogen-bond acceptors (Lipinski definition) is 4. The van der Waals surface area contributed by atoms with Crippen molar-refractivity contribution >= 4 is 5.97 Å². The molecule has 1 aromatic rings. The van der Waals surface area contributed by atoms with Crippen molar-refractivity contribution < 1.29 is 23.1 Å². The molecule has 0 spiro atoms. The monoisotopic (exact) mass is 238 g/mol. The number of aromatic nitrogens is 4. The van der Waals surface area contributed by atoms with Crippen LogP contribution in [0.5, 0.6) is 0 Å². The van der Waals surface area contributed by atoms with Crippen molar-refractivity contribution in [2.75, 3.05) is 0 Å². The summed E-state index contributed by atoms with van der Waals surface area (Å²) in [7, 11) is 0. The van der Waals surface area contributed by atoms with Crippen LogP contribution in [-0.4, -0.2) is 31.3 Å². The number of aryl methyl sites for hydroxylation is 1. The first-order valence-corrected chi connectivity index (χ1v) is 4.38. The van der Waals surface area contributed by atoms with Gasteiger partial charge in [-0.15, -0.1) is 5.10 Å². The highest BCUT2D eigenvalue weighted by atomic mass is 19.4. The molecule has 90 valence electrons. The average Bonchev–Trinajstić information content (AvgIpc) is 2.60. The van der Waals surface area contributed by atoms with Crippen molar-refractivity contribution in [1.29, 1.82) is 0 Å². The van der Waals surface area contributed by atoms with Crippen molar-refractivity contribution in [3.05, 3.63) is 5.82 Å². The summed E-state index contributed by atoms with van der Waals surface area (Å²) < 4.78 is 37.4. The van der Waals surface area contributed by atoms with E-state index in [0.717, 1.165) is 0 Å². The zero-order valence-corrected chi connectivity index (χ0v) is 8.27. The van der Waals surface area contributed by atoms with Crippen molar-refractivity contribution in [2.45, 2.75) is 26.1 Å². The van der Waals surface area contributed by atoms with Gasteiger partial charge in [0.15, 0.2) is 0 Å². The number of carbonyl (C=O) groups is 1. The fraction of sp³-hybridized carbons (Fsp3) is 0.714. The van der Waals surface area contributed by atoms with E-state index in [-0.39, 0.29) is 13.0 Å². The molecule has 1 N–H and O–H groups in total. The van der Waals surface area contributed by atoms with E-state index in [1.54, 1.807) is 0 Å². The van der Waals surface area contributed by atoms with Crippen LogP contribution in [0.15, 0.2) is 0 Å². The largest absolute Gasteiger partial charge is 0.481 e. The minimum absolute atomic E-state index is 0.0312. The van der Waals surface area contributed by atoms with Crippen molar-refractivity contribution in [1.82, 2.24) is 20.2 Å². The number of aliphatic carboxylic acids is 1. The number of nitrogens with zero attached hydrogens (tertiary/aromatic N) is 4. The summed E-state index contributed by atoms with van der Waals surface area (Å²) >= 11 is 0. The average molecular weight is 238 g/mol. The predicted molar refractivity (Wildman–Crippen MR) is 44.2 cm³/mol. The lowest BCUT2D eigenvalue weighted by Gasteiger charge is -2.08. The van der Waals surface area contributed by atoms with Gasteiger partial charge in [0, 0.05) is 6.54 Å². The number of tetrazole rings is 1. The van der Waals surface area contributed by atoms with Gasteiger partial charge >= 0.3 is 12.1 Å². The maximum Gasteiger partial charge on any atom is 0.453 e. The summed E-state index contributed by atoms with van der Waals surface area (Å²) in [5.74, 6) is -3.03. The molecule has 1 atom stereocenters. The lowest BCUT2D eigenvalue weighted by atomic mass is 10.1. The van der Waals surface area contributed by atoms with Crippen LogP contribution in [-0.2, 0) is 17.5 Å². The van der Waals surface area contributed by atoms with E-state index >= 15 is 0 Å². The number of carboxylic acids is 1. The Hall–Kier alpha value is -1.67. The molecule has 1 aromatic heterocycles. The lowest BCUT2D eigenvalue weighted by molar-refractivity contribution is -0.148. The highest BCUT2D eigenvalue weighted by molar-refractivity contribution is 5.69. The smallest absolute Gasteiger partial charge is 0.453 e. The third-order valence-corrected chi connectivity index (χ3v) is 1.98. The molecule has 1 unspecified atom stereocenters. The van der Waals surface area contributed by atoms with E-state index in [9.17, 15) is 18.0 Å². The summed E-state index contributed by atoms with van der Waals surface area (Å²) in [4.78, 5) is 10.5. The van der Waals surface area contributed by atoms with Crippen LogP contribution in [0.2, 0.25) is 0 Å². The van der Waals surface area contributed by atoms with E-state index in [1.165, 1.54) is 6.92 Å². The Labute approximate surface area is 88.1 Å². The van der Waals surface area contributed by atoms with E-state index in [0.29, 0.717) is 4.68 Å². The second-order valence-corrected chi connectivity index (χ2v) is 3.25. The fourth-order valence-corrected chi connectivity index (χ4v) is 0.998. The van der Waals surface area contributed by atoms with E-state index in [2.05, 4.69) is 15.5 Å². The zero-order chi connectivity index (χ0) is 12.3. The Bertz CT molecular complexity index is 376. The van der Waals surface area contributed by atoms with Crippen LogP contribution in [0.25, 0.3) is 0 Å². The van der Waals surface area contributed by atoms with E-state index < -0.39 is 23.9 Å². The van der Waals surface area contributed by atoms with Gasteiger partial charge in [-0.3, -0.25) is 4.79 Å². The highest BCUT2D eigenvalue weighted by Gasteiger charge is 2.37. The first-order valence-electron chi connectivity index (χ1n) is 4.38. The molecule has 1 rings (SSSR count). The lowest BCUT2D eigenvalue weighted by Crippen LogP contribution is -2.19. The third kappa shape index (κ3) is 2.91.